The van der Waals surface area contributed by atoms with Crippen LogP contribution in [-0.2, 0) is 4.79 Å². The zero-order valence-corrected chi connectivity index (χ0v) is 18.4. The zero-order chi connectivity index (χ0) is 27.0. The van der Waals surface area contributed by atoms with E-state index in [0.29, 0.717) is 11.1 Å². The van der Waals surface area contributed by atoms with Crippen molar-refractivity contribution >= 4 is 23.5 Å². The molecule has 1 heterocycles. The maximum atomic E-state index is 13.7. The molecule has 4 rings (SSSR count). The van der Waals surface area contributed by atoms with E-state index in [2.05, 4.69) is 4.74 Å². The number of carbonyl (C=O) groups is 2. The van der Waals surface area contributed by atoms with Crippen molar-refractivity contribution in [2.45, 2.75) is 6.92 Å². The summed E-state index contributed by atoms with van der Waals surface area (Å²) in [5.41, 5.74) is 0.568. The molecule has 0 amide bonds. The molecule has 8 nitrogen and oxygen atoms in total. The molecule has 1 aliphatic rings. The molecule has 190 valence electrons. The van der Waals surface area contributed by atoms with E-state index in [1.54, 1.807) is 0 Å². The van der Waals surface area contributed by atoms with Crippen LogP contribution in [0, 0.1) is 46.1 Å². The summed E-state index contributed by atoms with van der Waals surface area (Å²) in [6.07, 6.45) is 1.29. The van der Waals surface area contributed by atoms with Gasteiger partial charge in [0.2, 0.25) is 34.9 Å². The Labute approximate surface area is 203 Å². The highest BCUT2D eigenvalue weighted by molar-refractivity contribution is 6.15. The molecule has 0 aromatic heterocycles. The second kappa shape index (κ2) is 9.68. The Morgan fingerprint density at radius 1 is 1.03 bits per heavy atom. The third kappa shape index (κ3) is 4.83. The van der Waals surface area contributed by atoms with Crippen molar-refractivity contribution in [2.24, 2.45) is 0 Å². The van der Waals surface area contributed by atoms with Crippen LogP contribution in [0.25, 0.3) is 6.08 Å². The predicted molar refractivity (Wildman–Crippen MR) is 115 cm³/mol. The molecule has 13 heteroatoms. The number of nitro benzene ring substituents is 1. The normalized spacial score (nSPS) is 13.4. The fourth-order valence-corrected chi connectivity index (χ4v) is 3.42. The minimum absolute atomic E-state index is 0.00911. The summed E-state index contributed by atoms with van der Waals surface area (Å²) in [5.74, 6) is -15.2. The highest BCUT2D eigenvalue weighted by atomic mass is 19.2. The van der Waals surface area contributed by atoms with Crippen molar-refractivity contribution in [2.75, 3.05) is 6.61 Å². The molecule has 0 saturated heterocycles. The van der Waals surface area contributed by atoms with Crippen molar-refractivity contribution in [1.82, 2.24) is 0 Å². The highest BCUT2D eigenvalue weighted by Crippen LogP contribution is 2.38. The molecule has 37 heavy (non-hydrogen) atoms. The number of esters is 1. The first-order valence-electron chi connectivity index (χ1n) is 10.2. The van der Waals surface area contributed by atoms with Crippen molar-refractivity contribution in [3.63, 3.8) is 0 Å². The Morgan fingerprint density at radius 3 is 2.32 bits per heavy atom. The van der Waals surface area contributed by atoms with E-state index >= 15 is 0 Å². The number of hydrogen-bond donors (Lipinski definition) is 0. The van der Waals surface area contributed by atoms with E-state index in [1.807, 2.05) is 0 Å². The molecule has 1 aliphatic heterocycles. The molecule has 0 unspecified atom stereocenters. The third-order valence-electron chi connectivity index (χ3n) is 5.06. The first-order valence-corrected chi connectivity index (χ1v) is 10.2. The number of non-ortho nitro benzene ring substituents is 1. The van der Waals surface area contributed by atoms with Crippen molar-refractivity contribution in [1.29, 1.82) is 0 Å². The van der Waals surface area contributed by atoms with Gasteiger partial charge < -0.3 is 14.2 Å². The number of ketones is 1. The largest absolute Gasteiger partial charge is 0.476 e. The number of fused-ring (bicyclic) bond motifs is 1. The number of rotatable bonds is 6. The van der Waals surface area contributed by atoms with E-state index in [4.69, 9.17) is 9.47 Å². The van der Waals surface area contributed by atoms with Gasteiger partial charge in [-0.25, -0.2) is 18.0 Å². The Morgan fingerprint density at radius 2 is 1.68 bits per heavy atom. The first-order chi connectivity index (χ1) is 17.5. The molecule has 0 saturated carbocycles. The van der Waals surface area contributed by atoms with Gasteiger partial charge in [-0.05, 0) is 30.2 Å². The molecular formula is C24H12F5NO7. The summed E-state index contributed by atoms with van der Waals surface area (Å²) in [6.45, 7) is 0.283. The van der Waals surface area contributed by atoms with Crippen LogP contribution >= 0.6 is 0 Å². The molecule has 0 fully saturated rings. The summed E-state index contributed by atoms with van der Waals surface area (Å²) in [4.78, 5) is 35.2. The topological polar surface area (TPSA) is 105 Å². The van der Waals surface area contributed by atoms with Crippen LogP contribution in [0.3, 0.4) is 0 Å². The quantitative estimate of drug-likeness (QED) is 0.0642. The SMILES string of the molecule is Cc1cc(OC(=O)COc2c(F)c(F)c(F)c(F)c2F)cc2c1C(=O)/C(=C/c1cccc([N+](=O)[O-])c1)O2. The third-order valence-corrected chi connectivity index (χ3v) is 5.06. The van der Waals surface area contributed by atoms with Crippen LogP contribution in [0.2, 0.25) is 0 Å². The molecule has 3 aromatic rings. The lowest BCUT2D eigenvalue weighted by Gasteiger charge is -2.11. The van der Waals surface area contributed by atoms with Gasteiger partial charge in [0.15, 0.2) is 18.1 Å². The number of allylic oxidation sites excluding steroid dienone is 1. The lowest BCUT2D eigenvalue weighted by molar-refractivity contribution is -0.384. The minimum Gasteiger partial charge on any atom is -0.476 e. The second-order valence-electron chi connectivity index (χ2n) is 7.57. The number of Topliss-reactive ketones (excluding diaryl/α,β-unsaturated/α-hetero) is 1. The van der Waals surface area contributed by atoms with Gasteiger partial charge >= 0.3 is 5.97 Å². The fraction of sp³-hybridized carbons (Fsp3) is 0.0833. The summed E-state index contributed by atoms with van der Waals surface area (Å²) in [7, 11) is 0. The average Bonchev–Trinajstić information content (AvgIpc) is 3.16. The number of nitrogens with zero attached hydrogens (tertiary/aromatic N) is 1. The average molecular weight is 521 g/mol. The Bertz CT molecular complexity index is 1490. The van der Waals surface area contributed by atoms with Crippen LogP contribution in [0.4, 0.5) is 27.6 Å². The number of halogens is 5. The van der Waals surface area contributed by atoms with Crippen LogP contribution < -0.4 is 14.2 Å². The van der Waals surface area contributed by atoms with Crippen molar-refractivity contribution in [3.8, 4) is 17.2 Å². The molecular weight excluding hydrogens is 509 g/mol. The molecule has 0 bridgehead atoms. The van der Waals surface area contributed by atoms with Crippen molar-refractivity contribution < 1.29 is 50.7 Å². The van der Waals surface area contributed by atoms with E-state index in [9.17, 15) is 41.7 Å². The summed E-state index contributed by atoms with van der Waals surface area (Å²) in [6, 6.07) is 7.88. The number of nitro groups is 1. The number of carbonyl (C=O) groups excluding carboxylic acids is 2. The van der Waals surface area contributed by atoms with E-state index in [0.717, 1.165) is 6.07 Å². The van der Waals surface area contributed by atoms with Gasteiger partial charge in [0, 0.05) is 18.2 Å². The summed E-state index contributed by atoms with van der Waals surface area (Å²) < 4.78 is 82.0. The van der Waals surface area contributed by atoms with E-state index in [1.165, 1.54) is 43.3 Å². The lowest BCUT2D eigenvalue weighted by atomic mass is 10.0. The van der Waals surface area contributed by atoms with Gasteiger partial charge in [-0.2, -0.15) is 8.78 Å². The maximum absolute atomic E-state index is 13.7. The van der Waals surface area contributed by atoms with Crippen LogP contribution in [0.15, 0.2) is 42.2 Å². The number of benzene rings is 3. The number of ether oxygens (including phenoxy) is 3. The van der Waals surface area contributed by atoms with E-state index in [-0.39, 0.29) is 28.5 Å². The predicted octanol–water partition coefficient (Wildman–Crippen LogP) is 5.20. The molecule has 0 atom stereocenters. The first kappa shape index (κ1) is 25.3. The van der Waals surface area contributed by atoms with Gasteiger partial charge in [-0.3, -0.25) is 14.9 Å². The van der Waals surface area contributed by atoms with Gasteiger partial charge in [0.1, 0.15) is 11.5 Å². The molecule has 0 aliphatic carbocycles. The second-order valence-corrected chi connectivity index (χ2v) is 7.57. The number of hydrogen-bond acceptors (Lipinski definition) is 7. The van der Waals surface area contributed by atoms with Crippen LogP contribution in [0.5, 0.6) is 17.2 Å². The fourth-order valence-electron chi connectivity index (χ4n) is 3.42. The van der Waals surface area contributed by atoms with Gasteiger partial charge in [-0.1, -0.05) is 12.1 Å². The highest BCUT2D eigenvalue weighted by Gasteiger charge is 2.31. The lowest BCUT2D eigenvalue weighted by Crippen LogP contribution is -2.19. The summed E-state index contributed by atoms with van der Waals surface area (Å²) >= 11 is 0. The smallest absolute Gasteiger partial charge is 0.349 e. The Balaban J connectivity index is 1.50. The van der Waals surface area contributed by atoms with E-state index < -0.39 is 58.1 Å². The minimum atomic E-state index is -2.38. The number of aryl methyl sites for hydroxylation is 1. The molecule has 3 aromatic carbocycles. The van der Waals surface area contributed by atoms with Gasteiger partial charge in [0.25, 0.3) is 5.69 Å². The zero-order valence-electron chi connectivity index (χ0n) is 18.4. The monoisotopic (exact) mass is 521 g/mol. The Kier molecular flexibility index (Phi) is 6.62. The van der Waals surface area contributed by atoms with Crippen molar-refractivity contribution in [3.05, 3.63) is 98.0 Å². The molecule has 0 radical (unpaired) electrons. The Hall–Kier alpha value is -4.81. The van der Waals surface area contributed by atoms with Crippen LogP contribution in [-0.4, -0.2) is 23.3 Å². The van der Waals surface area contributed by atoms with Crippen LogP contribution in [0.1, 0.15) is 21.5 Å². The standard InChI is InChI=1S/C24H12F5NO7/c1-10-5-13(36-16(31)9-35-24-21(28)19(26)18(25)20(27)22(24)29)8-14-17(10)23(32)15(37-14)7-11-3-2-4-12(6-11)30(33)34/h2-8H,9H2,1H3/b15-7-. The van der Waals surface area contributed by atoms with Gasteiger partial charge in [-0.15, -0.1) is 0 Å². The molecule has 0 N–H and O–H groups in total. The molecule has 0 spiro atoms. The van der Waals surface area contributed by atoms with Gasteiger partial charge in [0.05, 0.1) is 10.5 Å². The maximum Gasteiger partial charge on any atom is 0.349 e. The summed E-state index contributed by atoms with van der Waals surface area (Å²) in [5, 5.41) is 11.0.